The monoisotopic (exact) mass is 256 g/mol. The van der Waals surface area contributed by atoms with Crippen LogP contribution in [0.4, 0.5) is 4.79 Å². The van der Waals surface area contributed by atoms with Gasteiger partial charge >= 0.3 is 12.0 Å². The Morgan fingerprint density at radius 2 is 2.11 bits per heavy atom. The molecule has 1 saturated carbocycles. The zero-order chi connectivity index (χ0) is 13.3. The number of hydrogen-bond acceptors (Lipinski definition) is 3. The molecule has 2 amide bonds. The average molecular weight is 256 g/mol. The summed E-state index contributed by atoms with van der Waals surface area (Å²) in [6.45, 7) is 4.82. The van der Waals surface area contributed by atoms with E-state index in [1.54, 1.807) is 4.90 Å². The van der Waals surface area contributed by atoms with Crippen molar-refractivity contribution in [1.29, 1.82) is 0 Å². The van der Waals surface area contributed by atoms with Gasteiger partial charge in [0.2, 0.25) is 0 Å². The molecule has 1 saturated heterocycles. The molecule has 0 radical (unpaired) electrons. The van der Waals surface area contributed by atoms with Crippen LogP contribution in [-0.2, 0) is 9.53 Å². The van der Waals surface area contributed by atoms with E-state index in [9.17, 15) is 9.59 Å². The second-order valence-electron chi connectivity index (χ2n) is 5.33. The van der Waals surface area contributed by atoms with E-state index in [1.807, 2.05) is 13.8 Å². The first-order chi connectivity index (χ1) is 8.47. The van der Waals surface area contributed by atoms with Crippen molar-refractivity contribution < 1.29 is 19.4 Å². The fraction of sp³-hybridized carbons (Fsp3) is 0.833. The summed E-state index contributed by atoms with van der Waals surface area (Å²) in [6.07, 6.45) is 1.97. The normalized spacial score (nSPS) is 28.8. The smallest absolute Gasteiger partial charge is 0.318 e. The average Bonchev–Trinajstić information content (AvgIpc) is 2.83. The first kappa shape index (κ1) is 13.1. The number of nitrogens with zero attached hydrogens (tertiary/aromatic N) is 1. The molecule has 0 aromatic carbocycles. The van der Waals surface area contributed by atoms with E-state index < -0.39 is 11.9 Å². The minimum atomic E-state index is -0.901. The van der Waals surface area contributed by atoms with E-state index >= 15 is 0 Å². The van der Waals surface area contributed by atoms with Crippen molar-refractivity contribution in [3.05, 3.63) is 0 Å². The number of carboxylic acids is 1. The van der Waals surface area contributed by atoms with Crippen molar-refractivity contribution >= 4 is 12.0 Å². The SMILES string of the molecule is CCN(C(=O)NC1(C)CC1)C1COCC1C(=O)O. The molecular formula is C12H20N2O4. The van der Waals surface area contributed by atoms with Crippen molar-refractivity contribution in [1.82, 2.24) is 10.2 Å². The van der Waals surface area contributed by atoms with Crippen LogP contribution >= 0.6 is 0 Å². The largest absolute Gasteiger partial charge is 0.481 e. The van der Waals surface area contributed by atoms with Crippen LogP contribution in [0, 0.1) is 5.92 Å². The number of amides is 2. The highest BCUT2D eigenvalue weighted by Crippen LogP contribution is 2.34. The summed E-state index contributed by atoms with van der Waals surface area (Å²) in [6, 6.07) is -0.547. The fourth-order valence-corrected chi connectivity index (χ4v) is 2.26. The van der Waals surface area contributed by atoms with Crippen LogP contribution in [0.15, 0.2) is 0 Å². The highest BCUT2D eigenvalue weighted by molar-refractivity contribution is 5.78. The third kappa shape index (κ3) is 2.58. The number of rotatable bonds is 4. The molecule has 1 aliphatic heterocycles. The second kappa shape index (κ2) is 4.76. The first-order valence-corrected chi connectivity index (χ1v) is 6.36. The number of carbonyl (C=O) groups excluding carboxylic acids is 1. The zero-order valence-electron chi connectivity index (χ0n) is 10.8. The van der Waals surface area contributed by atoms with Gasteiger partial charge in [0.15, 0.2) is 0 Å². The van der Waals surface area contributed by atoms with Gasteiger partial charge in [0.05, 0.1) is 19.3 Å². The van der Waals surface area contributed by atoms with Gasteiger partial charge in [-0.2, -0.15) is 0 Å². The van der Waals surface area contributed by atoms with Crippen LogP contribution < -0.4 is 5.32 Å². The van der Waals surface area contributed by atoms with E-state index in [2.05, 4.69) is 5.32 Å². The molecule has 2 aliphatic rings. The maximum absolute atomic E-state index is 12.2. The highest BCUT2D eigenvalue weighted by Gasteiger charge is 2.43. The number of nitrogens with one attached hydrogen (secondary N) is 1. The summed E-state index contributed by atoms with van der Waals surface area (Å²) in [5.41, 5.74) is -0.0946. The third-order valence-corrected chi connectivity index (χ3v) is 3.78. The van der Waals surface area contributed by atoms with E-state index in [0.717, 1.165) is 12.8 Å². The summed E-state index contributed by atoms with van der Waals surface area (Å²) in [7, 11) is 0. The van der Waals surface area contributed by atoms with Crippen LogP contribution in [0.1, 0.15) is 26.7 Å². The van der Waals surface area contributed by atoms with Crippen molar-refractivity contribution in [2.45, 2.75) is 38.3 Å². The lowest BCUT2D eigenvalue weighted by atomic mass is 10.0. The molecule has 2 unspecified atom stereocenters. The first-order valence-electron chi connectivity index (χ1n) is 6.36. The van der Waals surface area contributed by atoms with E-state index in [1.165, 1.54) is 0 Å². The Bertz CT molecular complexity index is 354. The van der Waals surface area contributed by atoms with Crippen LogP contribution in [0.2, 0.25) is 0 Å². The molecule has 2 fully saturated rings. The summed E-state index contributed by atoms with van der Waals surface area (Å²) in [4.78, 5) is 24.8. The zero-order valence-corrected chi connectivity index (χ0v) is 10.8. The Balaban J connectivity index is 2.02. The van der Waals surface area contributed by atoms with Crippen LogP contribution in [0.5, 0.6) is 0 Å². The van der Waals surface area contributed by atoms with Crippen LogP contribution in [-0.4, -0.2) is 53.3 Å². The Kier molecular flexibility index (Phi) is 3.47. The summed E-state index contributed by atoms with van der Waals surface area (Å²) >= 11 is 0. The van der Waals surface area contributed by atoms with Gasteiger partial charge in [-0.25, -0.2) is 4.79 Å². The maximum atomic E-state index is 12.2. The van der Waals surface area contributed by atoms with Crippen LogP contribution in [0.25, 0.3) is 0 Å². The number of aliphatic carboxylic acids is 1. The van der Waals surface area contributed by atoms with Gasteiger partial charge < -0.3 is 20.1 Å². The quantitative estimate of drug-likeness (QED) is 0.775. The minimum Gasteiger partial charge on any atom is -0.481 e. The number of carboxylic acid groups (broad SMARTS) is 1. The Hall–Kier alpha value is -1.30. The lowest BCUT2D eigenvalue weighted by Crippen LogP contribution is -2.52. The van der Waals surface area contributed by atoms with Gasteiger partial charge in [0.1, 0.15) is 5.92 Å². The molecule has 0 spiro atoms. The summed E-state index contributed by atoms with van der Waals surface area (Å²) in [5, 5.41) is 12.1. The number of likely N-dealkylation sites (N-methyl/N-ethyl adjacent to an activating group) is 1. The van der Waals surface area contributed by atoms with Gasteiger partial charge in [-0.15, -0.1) is 0 Å². The van der Waals surface area contributed by atoms with Crippen molar-refractivity contribution in [3.8, 4) is 0 Å². The van der Waals surface area contributed by atoms with E-state index in [-0.39, 0.29) is 24.2 Å². The molecule has 18 heavy (non-hydrogen) atoms. The van der Waals surface area contributed by atoms with Crippen molar-refractivity contribution in [2.75, 3.05) is 19.8 Å². The molecule has 0 bridgehead atoms. The molecule has 2 N–H and O–H groups in total. The van der Waals surface area contributed by atoms with Gasteiger partial charge in [0, 0.05) is 12.1 Å². The molecule has 1 heterocycles. The molecule has 1 aliphatic carbocycles. The van der Waals surface area contributed by atoms with Gasteiger partial charge in [-0.3, -0.25) is 4.79 Å². The molecule has 102 valence electrons. The van der Waals surface area contributed by atoms with Crippen LogP contribution in [0.3, 0.4) is 0 Å². The van der Waals surface area contributed by atoms with Crippen molar-refractivity contribution in [3.63, 3.8) is 0 Å². The topological polar surface area (TPSA) is 78.9 Å². The number of carbonyl (C=O) groups is 2. The van der Waals surface area contributed by atoms with Crippen molar-refractivity contribution in [2.24, 2.45) is 5.92 Å². The number of ether oxygens (including phenoxy) is 1. The lowest BCUT2D eigenvalue weighted by molar-refractivity contribution is -0.142. The molecule has 0 aromatic rings. The molecule has 6 heteroatoms. The Morgan fingerprint density at radius 3 is 2.61 bits per heavy atom. The minimum absolute atomic E-state index is 0.0946. The van der Waals surface area contributed by atoms with E-state index in [0.29, 0.717) is 13.2 Å². The summed E-state index contributed by atoms with van der Waals surface area (Å²) in [5.74, 6) is -1.52. The molecule has 2 atom stereocenters. The molecule has 6 nitrogen and oxygen atoms in total. The van der Waals surface area contributed by atoms with E-state index in [4.69, 9.17) is 9.84 Å². The molecule has 2 rings (SSSR count). The lowest BCUT2D eigenvalue weighted by Gasteiger charge is -2.30. The Labute approximate surface area is 106 Å². The van der Waals surface area contributed by atoms with Gasteiger partial charge in [-0.1, -0.05) is 0 Å². The third-order valence-electron chi connectivity index (χ3n) is 3.78. The molecular weight excluding hydrogens is 236 g/mol. The predicted molar refractivity (Wildman–Crippen MR) is 64.3 cm³/mol. The summed E-state index contributed by atoms with van der Waals surface area (Å²) < 4.78 is 5.21. The fourth-order valence-electron chi connectivity index (χ4n) is 2.26. The predicted octanol–water partition coefficient (Wildman–Crippen LogP) is 0.670. The molecule has 0 aromatic heterocycles. The standard InChI is InChI=1S/C12H20N2O4/c1-3-14(11(17)13-12(2)4-5-12)9-7-18-6-8(9)10(15)16/h8-9H,3-7H2,1-2H3,(H,13,17)(H,15,16). The van der Waals surface area contributed by atoms with Gasteiger partial charge in [0.25, 0.3) is 0 Å². The highest BCUT2D eigenvalue weighted by atomic mass is 16.5. The second-order valence-corrected chi connectivity index (χ2v) is 5.33. The maximum Gasteiger partial charge on any atom is 0.318 e. The Morgan fingerprint density at radius 1 is 1.44 bits per heavy atom. The number of hydrogen-bond donors (Lipinski definition) is 2. The van der Waals surface area contributed by atoms with Gasteiger partial charge in [-0.05, 0) is 26.7 Å². The number of urea groups is 1.